The average Bonchev–Trinajstić information content (AvgIpc) is 1.68. The lowest BCUT2D eigenvalue weighted by Crippen LogP contribution is -2.36. The zero-order chi connectivity index (χ0) is 5.91. The van der Waals surface area contributed by atoms with E-state index in [1.54, 1.807) is 7.05 Å². The Morgan fingerprint density at radius 2 is 1.57 bits per heavy atom. The number of nitrogens with zero attached hydrogens (tertiary/aromatic N) is 1. The summed E-state index contributed by atoms with van der Waals surface area (Å²) in [5, 5.41) is 10.8. The third-order valence-corrected chi connectivity index (χ3v) is 1.34. The molecule has 0 amide bonds. The van der Waals surface area contributed by atoms with E-state index in [-0.39, 0.29) is 4.65 Å². The summed E-state index contributed by atoms with van der Waals surface area (Å²) in [4.78, 5) is 0. The van der Waals surface area contributed by atoms with Crippen LogP contribution >= 0.6 is 0 Å². The lowest BCUT2D eigenvalue weighted by atomic mass is 10.6. The molecule has 0 saturated carbocycles. The summed E-state index contributed by atoms with van der Waals surface area (Å²) in [7, 11) is 1.68. The fourth-order valence-electron chi connectivity index (χ4n) is 0.224. The molecule has 0 rings (SSSR count). The van der Waals surface area contributed by atoms with Gasteiger partial charge in [-0.3, -0.25) is 0 Å². The van der Waals surface area contributed by atoms with Crippen molar-refractivity contribution in [3.05, 3.63) is 5.21 Å². The molecule has 7 heavy (non-hydrogen) atoms. The summed E-state index contributed by atoms with van der Waals surface area (Å²) in [5.41, 5.74) is 0. The molecule has 0 bridgehead atoms. The first kappa shape index (κ1) is 6.92. The van der Waals surface area contributed by atoms with E-state index < -0.39 is 0 Å². The second-order valence-corrected chi connectivity index (χ2v) is 1.93. The molecule has 0 fully saturated rings. The van der Waals surface area contributed by atoms with Crippen molar-refractivity contribution in [3.63, 3.8) is 0 Å². The third-order valence-electron chi connectivity index (χ3n) is 1.34. The van der Waals surface area contributed by atoms with Gasteiger partial charge < -0.3 is 9.85 Å². The first-order valence-electron chi connectivity index (χ1n) is 2.68. The van der Waals surface area contributed by atoms with Crippen LogP contribution in [0.2, 0.25) is 0 Å². The maximum absolute atomic E-state index is 10.8. The van der Waals surface area contributed by atoms with Gasteiger partial charge in [-0.2, -0.15) is 0 Å². The predicted molar refractivity (Wildman–Crippen MR) is 30.6 cm³/mol. The van der Waals surface area contributed by atoms with Gasteiger partial charge in [-0.15, -0.1) is 0 Å². The standard InChI is InChI=1S/C5H13NO/c1-4-6(3,7)5-2/h4-5H2,1-3H3. The molecule has 0 aromatic rings. The van der Waals surface area contributed by atoms with Crippen LogP contribution in [-0.4, -0.2) is 24.8 Å². The highest BCUT2D eigenvalue weighted by Gasteiger charge is 1.98. The Kier molecular flexibility index (Phi) is 2.26. The van der Waals surface area contributed by atoms with Crippen molar-refractivity contribution in [3.8, 4) is 0 Å². The van der Waals surface area contributed by atoms with Gasteiger partial charge in [-0.1, -0.05) is 0 Å². The molecule has 0 unspecified atom stereocenters. The van der Waals surface area contributed by atoms with Crippen molar-refractivity contribution in [2.75, 3.05) is 20.1 Å². The monoisotopic (exact) mass is 103 g/mol. The molecule has 0 aromatic carbocycles. The molecule has 2 nitrogen and oxygen atoms in total. The summed E-state index contributed by atoms with van der Waals surface area (Å²) < 4.78 is -0.111. The van der Waals surface area contributed by atoms with Gasteiger partial charge >= 0.3 is 0 Å². The summed E-state index contributed by atoms with van der Waals surface area (Å²) in [5.74, 6) is 0. The van der Waals surface area contributed by atoms with Crippen molar-refractivity contribution < 1.29 is 4.65 Å². The van der Waals surface area contributed by atoms with E-state index in [2.05, 4.69) is 0 Å². The lowest BCUT2D eigenvalue weighted by molar-refractivity contribution is -0.856. The molecule has 0 atom stereocenters. The van der Waals surface area contributed by atoms with E-state index in [0.29, 0.717) is 13.1 Å². The molecule has 0 heterocycles. The maximum Gasteiger partial charge on any atom is 0.0753 e. The topological polar surface area (TPSA) is 23.1 Å². The zero-order valence-electron chi connectivity index (χ0n) is 5.27. The Balaban J connectivity index is 3.36. The van der Waals surface area contributed by atoms with Gasteiger partial charge in [0.05, 0.1) is 20.1 Å². The number of hydrogen-bond donors (Lipinski definition) is 0. The van der Waals surface area contributed by atoms with Crippen LogP contribution in [0.4, 0.5) is 0 Å². The molecule has 0 aromatic heterocycles. The first-order valence-corrected chi connectivity index (χ1v) is 2.68. The van der Waals surface area contributed by atoms with Crippen molar-refractivity contribution in [1.82, 2.24) is 0 Å². The Morgan fingerprint density at radius 3 is 1.57 bits per heavy atom. The fraction of sp³-hybridized carbons (Fsp3) is 1.00. The maximum atomic E-state index is 10.8. The van der Waals surface area contributed by atoms with Crippen LogP contribution in [0.15, 0.2) is 0 Å². The lowest BCUT2D eigenvalue weighted by Gasteiger charge is -2.35. The van der Waals surface area contributed by atoms with Gasteiger partial charge in [0.1, 0.15) is 0 Å². The third kappa shape index (κ3) is 2.60. The molecule has 44 valence electrons. The van der Waals surface area contributed by atoms with E-state index in [1.807, 2.05) is 13.8 Å². The largest absolute Gasteiger partial charge is 0.633 e. The normalized spacial score (nSPS) is 12.0. The van der Waals surface area contributed by atoms with Gasteiger partial charge in [-0.05, 0) is 13.8 Å². The molecule has 0 aliphatic carbocycles. The van der Waals surface area contributed by atoms with Crippen molar-refractivity contribution in [2.24, 2.45) is 0 Å². The van der Waals surface area contributed by atoms with Gasteiger partial charge in [0, 0.05) is 0 Å². The summed E-state index contributed by atoms with van der Waals surface area (Å²) in [6.07, 6.45) is 0. The molecule has 0 N–H and O–H groups in total. The van der Waals surface area contributed by atoms with Crippen molar-refractivity contribution in [1.29, 1.82) is 0 Å². The quantitative estimate of drug-likeness (QED) is 0.377. The van der Waals surface area contributed by atoms with Crippen LogP contribution in [-0.2, 0) is 0 Å². The molecule has 0 radical (unpaired) electrons. The van der Waals surface area contributed by atoms with Gasteiger partial charge in [-0.25, -0.2) is 0 Å². The highest BCUT2D eigenvalue weighted by Crippen LogP contribution is 1.93. The molecule has 0 saturated heterocycles. The van der Waals surface area contributed by atoms with Crippen LogP contribution in [0.25, 0.3) is 0 Å². The number of quaternary nitrogens is 1. The fourth-order valence-corrected chi connectivity index (χ4v) is 0.224. The number of hydroxylamine groups is 3. The molecule has 0 aliphatic rings. The molecule has 2 heteroatoms. The average molecular weight is 103 g/mol. The molecule has 0 spiro atoms. The summed E-state index contributed by atoms with van der Waals surface area (Å²) >= 11 is 0. The predicted octanol–water partition coefficient (Wildman–Crippen LogP) is 0.971. The van der Waals surface area contributed by atoms with E-state index >= 15 is 0 Å². The van der Waals surface area contributed by atoms with Crippen LogP contribution in [0, 0.1) is 5.21 Å². The minimum Gasteiger partial charge on any atom is -0.633 e. The van der Waals surface area contributed by atoms with E-state index in [9.17, 15) is 5.21 Å². The van der Waals surface area contributed by atoms with E-state index in [1.165, 1.54) is 0 Å². The van der Waals surface area contributed by atoms with Crippen molar-refractivity contribution in [2.45, 2.75) is 13.8 Å². The molecule has 0 aliphatic heterocycles. The highest BCUT2D eigenvalue weighted by molar-refractivity contribution is 4.25. The summed E-state index contributed by atoms with van der Waals surface area (Å²) in [6, 6.07) is 0. The SMILES string of the molecule is CC[N+](C)([O-])CC. The molecular formula is C5H13NO. The minimum absolute atomic E-state index is 0.111. The van der Waals surface area contributed by atoms with Crippen LogP contribution < -0.4 is 0 Å². The highest BCUT2D eigenvalue weighted by atomic mass is 16.5. The van der Waals surface area contributed by atoms with Gasteiger partial charge in [0.25, 0.3) is 0 Å². The Bertz CT molecular complexity index is 46.0. The minimum atomic E-state index is -0.111. The second kappa shape index (κ2) is 2.28. The second-order valence-electron chi connectivity index (χ2n) is 1.93. The van der Waals surface area contributed by atoms with Crippen LogP contribution in [0.3, 0.4) is 0 Å². The van der Waals surface area contributed by atoms with Crippen molar-refractivity contribution >= 4 is 0 Å². The van der Waals surface area contributed by atoms with Gasteiger partial charge in [0.2, 0.25) is 0 Å². The van der Waals surface area contributed by atoms with Crippen LogP contribution in [0.1, 0.15) is 13.8 Å². The number of rotatable bonds is 2. The Morgan fingerprint density at radius 1 is 1.29 bits per heavy atom. The Labute approximate surface area is 44.9 Å². The van der Waals surface area contributed by atoms with E-state index in [0.717, 1.165) is 0 Å². The molecular weight excluding hydrogens is 90.1 g/mol. The first-order chi connectivity index (χ1) is 3.12. The number of hydrogen-bond acceptors (Lipinski definition) is 1. The Hall–Kier alpha value is -0.0800. The smallest absolute Gasteiger partial charge is 0.0753 e. The van der Waals surface area contributed by atoms with Crippen LogP contribution in [0.5, 0.6) is 0 Å². The van der Waals surface area contributed by atoms with E-state index in [4.69, 9.17) is 0 Å². The van der Waals surface area contributed by atoms with Gasteiger partial charge in [0.15, 0.2) is 0 Å². The summed E-state index contributed by atoms with van der Waals surface area (Å²) in [6.45, 7) is 5.15. The zero-order valence-corrected chi connectivity index (χ0v) is 5.27.